The zero-order chi connectivity index (χ0) is 15.2. The molecule has 114 valence electrons. The van der Waals surface area contributed by atoms with Crippen molar-refractivity contribution in [2.45, 2.75) is 31.8 Å². The Labute approximate surface area is 125 Å². The molecule has 1 heterocycles. The monoisotopic (exact) mass is 290 g/mol. The molecule has 1 aromatic rings. The third-order valence-corrected chi connectivity index (χ3v) is 3.96. The summed E-state index contributed by atoms with van der Waals surface area (Å²) < 4.78 is 4.82. The van der Waals surface area contributed by atoms with Gasteiger partial charge in [0, 0.05) is 13.6 Å². The van der Waals surface area contributed by atoms with Crippen molar-refractivity contribution < 1.29 is 14.3 Å². The number of carbonyl (C=O) groups excluding carboxylic acids is 2. The topological polar surface area (TPSA) is 58.6 Å². The fourth-order valence-corrected chi connectivity index (χ4v) is 2.83. The van der Waals surface area contributed by atoms with Gasteiger partial charge in [0.1, 0.15) is 0 Å². The standard InChI is InChI=1S/C16H22N2O3/c1-17-15(19)14-9-5-6-10-18(14)11-12-7-3-4-8-13(12)16(20)21-2/h3-4,7-8,14H,5-6,9-11H2,1-2H3,(H,17,19). The second kappa shape index (κ2) is 7.22. The first-order valence-electron chi connectivity index (χ1n) is 7.29. The molecule has 0 aliphatic carbocycles. The number of ether oxygens (including phenoxy) is 1. The van der Waals surface area contributed by atoms with Gasteiger partial charge in [-0.3, -0.25) is 9.69 Å². The number of carbonyl (C=O) groups is 2. The summed E-state index contributed by atoms with van der Waals surface area (Å²) in [6.07, 6.45) is 3.00. The minimum atomic E-state index is -0.334. The van der Waals surface area contributed by atoms with Gasteiger partial charge in [-0.15, -0.1) is 0 Å². The molecular formula is C16H22N2O3. The third-order valence-electron chi connectivity index (χ3n) is 3.96. The van der Waals surface area contributed by atoms with Crippen molar-refractivity contribution in [3.63, 3.8) is 0 Å². The maximum Gasteiger partial charge on any atom is 0.338 e. The molecule has 5 heteroatoms. The first-order valence-corrected chi connectivity index (χ1v) is 7.29. The Hall–Kier alpha value is -1.88. The van der Waals surface area contributed by atoms with Crippen LogP contribution in [-0.4, -0.2) is 43.5 Å². The maximum absolute atomic E-state index is 12.0. The van der Waals surface area contributed by atoms with E-state index in [-0.39, 0.29) is 17.9 Å². The Balaban J connectivity index is 2.19. The molecule has 0 radical (unpaired) electrons. The highest BCUT2D eigenvalue weighted by molar-refractivity contribution is 5.91. The van der Waals surface area contributed by atoms with Crippen LogP contribution >= 0.6 is 0 Å². The van der Waals surface area contributed by atoms with E-state index in [4.69, 9.17) is 4.74 Å². The number of likely N-dealkylation sites (tertiary alicyclic amines) is 1. The highest BCUT2D eigenvalue weighted by atomic mass is 16.5. The molecule has 1 fully saturated rings. The molecule has 2 rings (SSSR count). The number of nitrogens with zero attached hydrogens (tertiary/aromatic N) is 1. The highest BCUT2D eigenvalue weighted by Gasteiger charge is 2.28. The average molecular weight is 290 g/mol. The van der Waals surface area contributed by atoms with Crippen LogP contribution in [0.1, 0.15) is 35.2 Å². The normalized spacial score (nSPS) is 19.0. The molecule has 1 aliphatic rings. The summed E-state index contributed by atoms with van der Waals surface area (Å²) in [7, 11) is 3.05. The molecule has 0 spiro atoms. The van der Waals surface area contributed by atoms with E-state index in [0.29, 0.717) is 12.1 Å². The van der Waals surface area contributed by atoms with Crippen molar-refractivity contribution in [3.05, 3.63) is 35.4 Å². The molecule has 5 nitrogen and oxygen atoms in total. The number of nitrogens with one attached hydrogen (secondary N) is 1. The van der Waals surface area contributed by atoms with Crippen molar-refractivity contribution in [1.82, 2.24) is 10.2 Å². The number of hydrogen-bond acceptors (Lipinski definition) is 4. The van der Waals surface area contributed by atoms with Crippen molar-refractivity contribution >= 4 is 11.9 Å². The molecule has 0 saturated carbocycles. The molecule has 1 saturated heterocycles. The number of piperidine rings is 1. The number of methoxy groups -OCH3 is 1. The minimum Gasteiger partial charge on any atom is -0.465 e. The molecule has 1 aromatic carbocycles. The third kappa shape index (κ3) is 3.61. The first-order chi connectivity index (χ1) is 10.2. The van der Waals surface area contributed by atoms with E-state index >= 15 is 0 Å². The van der Waals surface area contributed by atoms with E-state index in [1.54, 1.807) is 13.1 Å². The Morgan fingerprint density at radius 3 is 2.81 bits per heavy atom. The Bertz CT molecular complexity index is 516. The molecule has 0 aromatic heterocycles. The number of esters is 1. The van der Waals surface area contributed by atoms with Gasteiger partial charge in [0.2, 0.25) is 5.91 Å². The van der Waals surface area contributed by atoms with Crippen LogP contribution < -0.4 is 5.32 Å². The lowest BCUT2D eigenvalue weighted by Crippen LogP contribution is -2.48. The first kappa shape index (κ1) is 15.5. The zero-order valence-electron chi connectivity index (χ0n) is 12.6. The van der Waals surface area contributed by atoms with Gasteiger partial charge < -0.3 is 10.1 Å². The quantitative estimate of drug-likeness (QED) is 0.855. The van der Waals surface area contributed by atoms with E-state index in [0.717, 1.165) is 31.4 Å². The van der Waals surface area contributed by atoms with Crippen LogP contribution in [0.25, 0.3) is 0 Å². The molecule has 1 atom stereocenters. The number of rotatable bonds is 4. The van der Waals surface area contributed by atoms with E-state index in [1.165, 1.54) is 7.11 Å². The lowest BCUT2D eigenvalue weighted by molar-refractivity contribution is -0.127. The predicted octanol–water partition coefficient (Wildman–Crippen LogP) is 1.57. The van der Waals surface area contributed by atoms with Crippen LogP contribution in [0.15, 0.2) is 24.3 Å². The number of amides is 1. The lowest BCUT2D eigenvalue weighted by Gasteiger charge is -2.34. The summed E-state index contributed by atoms with van der Waals surface area (Å²) in [5.74, 6) is -0.288. The largest absolute Gasteiger partial charge is 0.465 e. The van der Waals surface area contributed by atoms with Crippen LogP contribution in [0.3, 0.4) is 0 Å². The molecule has 0 bridgehead atoms. The molecule has 1 amide bonds. The smallest absolute Gasteiger partial charge is 0.338 e. The van der Waals surface area contributed by atoms with Crippen molar-refractivity contribution in [2.75, 3.05) is 20.7 Å². The second-order valence-corrected chi connectivity index (χ2v) is 5.25. The molecular weight excluding hydrogens is 268 g/mol. The molecule has 21 heavy (non-hydrogen) atoms. The van der Waals surface area contributed by atoms with E-state index in [1.807, 2.05) is 18.2 Å². The van der Waals surface area contributed by atoms with Crippen LogP contribution in [0.5, 0.6) is 0 Å². The highest BCUT2D eigenvalue weighted by Crippen LogP contribution is 2.21. The summed E-state index contributed by atoms with van der Waals surface area (Å²) in [6.45, 7) is 1.46. The van der Waals surface area contributed by atoms with Crippen LogP contribution in [0.2, 0.25) is 0 Å². The van der Waals surface area contributed by atoms with Gasteiger partial charge in [0.15, 0.2) is 0 Å². The van der Waals surface area contributed by atoms with Crippen molar-refractivity contribution in [2.24, 2.45) is 0 Å². The fourth-order valence-electron chi connectivity index (χ4n) is 2.83. The maximum atomic E-state index is 12.0. The number of hydrogen-bond donors (Lipinski definition) is 1. The van der Waals surface area contributed by atoms with E-state index in [9.17, 15) is 9.59 Å². The SMILES string of the molecule is CNC(=O)C1CCCCN1Cc1ccccc1C(=O)OC. The van der Waals surface area contributed by atoms with Crippen molar-refractivity contribution in [1.29, 1.82) is 0 Å². The van der Waals surface area contributed by atoms with Gasteiger partial charge >= 0.3 is 5.97 Å². The number of likely N-dealkylation sites (N-methyl/N-ethyl adjacent to an activating group) is 1. The summed E-state index contributed by atoms with van der Waals surface area (Å²) >= 11 is 0. The summed E-state index contributed by atoms with van der Waals surface area (Å²) in [5.41, 5.74) is 1.47. The van der Waals surface area contributed by atoms with Crippen LogP contribution in [0, 0.1) is 0 Å². The molecule has 1 unspecified atom stereocenters. The van der Waals surface area contributed by atoms with Gasteiger partial charge in [0.25, 0.3) is 0 Å². The van der Waals surface area contributed by atoms with Gasteiger partial charge in [-0.2, -0.15) is 0 Å². The van der Waals surface area contributed by atoms with Crippen LogP contribution in [0.4, 0.5) is 0 Å². The Morgan fingerprint density at radius 2 is 2.10 bits per heavy atom. The minimum absolute atomic E-state index is 0.0465. The molecule has 1 N–H and O–H groups in total. The van der Waals surface area contributed by atoms with Gasteiger partial charge in [-0.1, -0.05) is 24.6 Å². The van der Waals surface area contributed by atoms with E-state index < -0.39 is 0 Å². The van der Waals surface area contributed by atoms with Gasteiger partial charge in [0.05, 0.1) is 18.7 Å². The number of benzene rings is 1. The Morgan fingerprint density at radius 1 is 1.33 bits per heavy atom. The van der Waals surface area contributed by atoms with E-state index in [2.05, 4.69) is 10.2 Å². The average Bonchev–Trinajstić information content (AvgIpc) is 2.54. The van der Waals surface area contributed by atoms with Gasteiger partial charge in [-0.25, -0.2) is 4.79 Å². The predicted molar refractivity (Wildman–Crippen MR) is 79.9 cm³/mol. The zero-order valence-corrected chi connectivity index (χ0v) is 12.6. The molecule has 1 aliphatic heterocycles. The fraction of sp³-hybridized carbons (Fsp3) is 0.500. The Kier molecular flexibility index (Phi) is 5.33. The summed E-state index contributed by atoms with van der Waals surface area (Å²) in [5, 5.41) is 2.73. The van der Waals surface area contributed by atoms with Gasteiger partial charge in [-0.05, 0) is 31.0 Å². The van der Waals surface area contributed by atoms with Crippen LogP contribution in [-0.2, 0) is 16.1 Å². The second-order valence-electron chi connectivity index (χ2n) is 5.25. The summed E-state index contributed by atoms with van der Waals surface area (Å²) in [4.78, 5) is 26.0. The summed E-state index contributed by atoms with van der Waals surface area (Å²) in [6, 6.07) is 7.29. The van der Waals surface area contributed by atoms with Crippen molar-refractivity contribution in [3.8, 4) is 0 Å². The lowest BCUT2D eigenvalue weighted by atomic mass is 9.99.